The van der Waals surface area contributed by atoms with Crippen molar-refractivity contribution in [3.63, 3.8) is 0 Å². The number of hydrogen-bond donors (Lipinski definition) is 2. The summed E-state index contributed by atoms with van der Waals surface area (Å²) in [4.78, 5) is 12.0. The van der Waals surface area contributed by atoms with E-state index >= 15 is 0 Å². The lowest BCUT2D eigenvalue weighted by Gasteiger charge is -2.09. The highest BCUT2D eigenvalue weighted by Crippen LogP contribution is 2.15. The van der Waals surface area contributed by atoms with E-state index in [0.717, 1.165) is 5.56 Å². The highest BCUT2D eigenvalue weighted by Gasteiger charge is 2.12. The standard InChI is InChI=1S/C13H14N4O/c1-9-4-2-6-11(14)12(9)13(18)15-8-10-5-3-7-16-17-10/h2-7H,8,14H2,1H3,(H,15,18). The minimum Gasteiger partial charge on any atom is -0.398 e. The second kappa shape index (κ2) is 5.27. The molecule has 5 nitrogen and oxygen atoms in total. The van der Waals surface area contributed by atoms with Crippen LogP contribution >= 0.6 is 0 Å². The largest absolute Gasteiger partial charge is 0.398 e. The molecule has 18 heavy (non-hydrogen) atoms. The van der Waals surface area contributed by atoms with Crippen molar-refractivity contribution in [2.75, 3.05) is 5.73 Å². The third-order valence-corrected chi connectivity index (χ3v) is 2.59. The summed E-state index contributed by atoms with van der Waals surface area (Å²) in [6.07, 6.45) is 1.59. The minimum absolute atomic E-state index is 0.198. The van der Waals surface area contributed by atoms with Crippen molar-refractivity contribution in [2.45, 2.75) is 13.5 Å². The Balaban J connectivity index is 2.09. The molecule has 0 aliphatic carbocycles. The first kappa shape index (κ1) is 12.0. The third-order valence-electron chi connectivity index (χ3n) is 2.59. The summed E-state index contributed by atoms with van der Waals surface area (Å²) in [6, 6.07) is 8.97. The van der Waals surface area contributed by atoms with Crippen LogP contribution in [0.2, 0.25) is 0 Å². The highest BCUT2D eigenvalue weighted by atomic mass is 16.1. The molecule has 1 aromatic heterocycles. The molecule has 1 aromatic carbocycles. The number of nitrogen functional groups attached to an aromatic ring is 1. The fraction of sp³-hybridized carbons (Fsp3) is 0.154. The molecule has 0 saturated carbocycles. The van der Waals surface area contributed by atoms with Gasteiger partial charge in [-0.2, -0.15) is 10.2 Å². The van der Waals surface area contributed by atoms with Crippen molar-refractivity contribution >= 4 is 11.6 Å². The molecule has 1 heterocycles. The summed E-state index contributed by atoms with van der Waals surface area (Å²) >= 11 is 0. The summed E-state index contributed by atoms with van der Waals surface area (Å²) in [5.41, 5.74) is 8.36. The van der Waals surface area contributed by atoms with Crippen molar-refractivity contribution in [3.8, 4) is 0 Å². The molecule has 0 unspecified atom stereocenters. The van der Waals surface area contributed by atoms with E-state index < -0.39 is 0 Å². The second-order valence-electron chi connectivity index (χ2n) is 3.94. The highest BCUT2D eigenvalue weighted by molar-refractivity contribution is 6.00. The minimum atomic E-state index is -0.198. The fourth-order valence-corrected chi connectivity index (χ4v) is 1.69. The first-order valence-corrected chi connectivity index (χ1v) is 5.58. The lowest BCUT2D eigenvalue weighted by Crippen LogP contribution is -2.25. The van der Waals surface area contributed by atoms with Gasteiger partial charge in [-0.25, -0.2) is 0 Å². The molecular formula is C13H14N4O. The first-order chi connectivity index (χ1) is 8.68. The van der Waals surface area contributed by atoms with E-state index in [1.165, 1.54) is 0 Å². The number of anilines is 1. The molecular weight excluding hydrogens is 228 g/mol. The Hall–Kier alpha value is -2.43. The van der Waals surface area contributed by atoms with E-state index in [-0.39, 0.29) is 5.91 Å². The quantitative estimate of drug-likeness (QED) is 0.795. The lowest BCUT2D eigenvalue weighted by molar-refractivity contribution is 0.0950. The number of nitrogens with two attached hydrogens (primary N) is 1. The molecule has 1 amide bonds. The summed E-state index contributed by atoms with van der Waals surface area (Å²) in [6.45, 7) is 2.19. The van der Waals surface area contributed by atoms with Gasteiger partial charge in [-0.05, 0) is 30.7 Å². The SMILES string of the molecule is Cc1cccc(N)c1C(=O)NCc1cccnn1. The maximum atomic E-state index is 12.0. The maximum Gasteiger partial charge on any atom is 0.253 e. The van der Waals surface area contributed by atoms with Gasteiger partial charge in [-0.15, -0.1) is 0 Å². The number of nitrogens with one attached hydrogen (secondary N) is 1. The van der Waals surface area contributed by atoms with Gasteiger partial charge in [0.25, 0.3) is 5.91 Å². The number of carbonyl (C=O) groups is 1. The van der Waals surface area contributed by atoms with E-state index in [2.05, 4.69) is 15.5 Å². The molecule has 0 fully saturated rings. The summed E-state index contributed by atoms with van der Waals surface area (Å²) in [5, 5.41) is 10.4. The molecule has 0 aliphatic rings. The maximum absolute atomic E-state index is 12.0. The topological polar surface area (TPSA) is 80.9 Å². The van der Waals surface area contributed by atoms with Gasteiger partial charge in [0.05, 0.1) is 17.8 Å². The summed E-state index contributed by atoms with van der Waals surface area (Å²) in [7, 11) is 0. The van der Waals surface area contributed by atoms with Crippen molar-refractivity contribution in [1.29, 1.82) is 0 Å². The molecule has 5 heteroatoms. The summed E-state index contributed by atoms with van der Waals surface area (Å²) in [5.74, 6) is -0.198. The van der Waals surface area contributed by atoms with Gasteiger partial charge in [0.1, 0.15) is 0 Å². The van der Waals surface area contributed by atoms with Crippen LogP contribution in [0.15, 0.2) is 36.5 Å². The molecule has 92 valence electrons. The monoisotopic (exact) mass is 242 g/mol. The number of nitrogens with zero attached hydrogens (tertiary/aromatic N) is 2. The molecule has 2 aromatic rings. The van der Waals surface area contributed by atoms with Crippen molar-refractivity contribution in [1.82, 2.24) is 15.5 Å². The Bertz CT molecular complexity index is 534. The van der Waals surface area contributed by atoms with Gasteiger partial charge in [0.15, 0.2) is 0 Å². The Morgan fingerprint density at radius 3 is 2.83 bits per heavy atom. The van der Waals surface area contributed by atoms with Gasteiger partial charge < -0.3 is 11.1 Å². The molecule has 0 atom stereocenters. The molecule has 3 N–H and O–H groups in total. The van der Waals surface area contributed by atoms with Crippen LogP contribution < -0.4 is 11.1 Å². The second-order valence-corrected chi connectivity index (χ2v) is 3.94. The molecule has 0 spiro atoms. The van der Waals surface area contributed by atoms with Gasteiger partial charge in [0.2, 0.25) is 0 Å². The number of aromatic nitrogens is 2. The smallest absolute Gasteiger partial charge is 0.253 e. The van der Waals surface area contributed by atoms with E-state index in [1.807, 2.05) is 19.1 Å². The number of aryl methyl sites for hydroxylation is 1. The number of rotatable bonds is 3. The van der Waals surface area contributed by atoms with E-state index in [9.17, 15) is 4.79 Å². The average Bonchev–Trinajstić information content (AvgIpc) is 2.37. The third kappa shape index (κ3) is 2.63. The Morgan fingerprint density at radius 1 is 1.33 bits per heavy atom. The zero-order valence-electron chi connectivity index (χ0n) is 10.1. The Labute approximate surface area is 105 Å². The molecule has 0 saturated heterocycles. The molecule has 2 rings (SSSR count). The number of benzene rings is 1. The Kier molecular flexibility index (Phi) is 3.52. The van der Waals surface area contributed by atoms with Crippen LogP contribution in [0, 0.1) is 6.92 Å². The van der Waals surface area contributed by atoms with Crippen LogP contribution in [0.5, 0.6) is 0 Å². The summed E-state index contributed by atoms with van der Waals surface area (Å²) < 4.78 is 0. The van der Waals surface area contributed by atoms with E-state index in [0.29, 0.717) is 23.5 Å². The Morgan fingerprint density at radius 2 is 2.17 bits per heavy atom. The molecule has 0 bridgehead atoms. The molecule has 0 radical (unpaired) electrons. The predicted octanol–water partition coefficient (Wildman–Crippen LogP) is 1.30. The molecule has 0 aliphatic heterocycles. The van der Waals surface area contributed by atoms with Crippen molar-refractivity contribution in [3.05, 3.63) is 53.3 Å². The van der Waals surface area contributed by atoms with Crippen LogP contribution in [0.25, 0.3) is 0 Å². The average molecular weight is 242 g/mol. The van der Waals surface area contributed by atoms with Crippen LogP contribution in [0.1, 0.15) is 21.6 Å². The number of hydrogen-bond acceptors (Lipinski definition) is 4. The van der Waals surface area contributed by atoms with E-state index in [4.69, 9.17) is 5.73 Å². The van der Waals surface area contributed by atoms with Gasteiger partial charge >= 0.3 is 0 Å². The van der Waals surface area contributed by atoms with Crippen LogP contribution in [0.3, 0.4) is 0 Å². The van der Waals surface area contributed by atoms with Crippen LogP contribution in [0.4, 0.5) is 5.69 Å². The number of amides is 1. The van der Waals surface area contributed by atoms with Crippen LogP contribution in [-0.2, 0) is 6.54 Å². The normalized spacial score (nSPS) is 10.1. The zero-order chi connectivity index (χ0) is 13.0. The number of carbonyl (C=O) groups excluding carboxylic acids is 1. The fourth-order valence-electron chi connectivity index (χ4n) is 1.69. The van der Waals surface area contributed by atoms with E-state index in [1.54, 1.807) is 24.4 Å². The van der Waals surface area contributed by atoms with Gasteiger partial charge in [-0.3, -0.25) is 4.79 Å². The van der Waals surface area contributed by atoms with Crippen molar-refractivity contribution in [2.24, 2.45) is 0 Å². The van der Waals surface area contributed by atoms with Crippen molar-refractivity contribution < 1.29 is 4.79 Å². The first-order valence-electron chi connectivity index (χ1n) is 5.58. The zero-order valence-corrected chi connectivity index (χ0v) is 10.1. The van der Waals surface area contributed by atoms with Gasteiger partial charge in [-0.1, -0.05) is 12.1 Å². The van der Waals surface area contributed by atoms with Gasteiger partial charge in [0, 0.05) is 11.9 Å². The predicted molar refractivity (Wildman–Crippen MR) is 68.8 cm³/mol. The van der Waals surface area contributed by atoms with Crippen LogP contribution in [-0.4, -0.2) is 16.1 Å². The lowest BCUT2D eigenvalue weighted by atomic mass is 10.1.